The molecular formula is C18H16IN3O3. The lowest BCUT2D eigenvalue weighted by molar-refractivity contribution is -0.123. The summed E-state index contributed by atoms with van der Waals surface area (Å²) in [7, 11) is 1.87. The van der Waals surface area contributed by atoms with Crippen LogP contribution in [0.4, 0.5) is 0 Å². The minimum absolute atomic E-state index is 0.184. The number of ether oxygens (including phenoxy) is 1. The molecule has 25 heavy (non-hydrogen) atoms. The van der Waals surface area contributed by atoms with Crippen molar-refractivity contribution >= 4 is 45.3 Å². The Hall–Kier alpha value is -2.55. The number of rotatable bonds is 4. The van der Waals surface area contributed by atoms with Crippen LogP contribution in [-0.4, -0.2) is 23.0 Å². The average molecular weight is 449 g/mol. The minimum Gasteiger partial charge on any atom is -0.484 e. The smallest absolute Gasteiger partial charge is 0.276 e. The second-order valence-corrected chi connectivity index (χ2v) is 6.66. The second-order valence-electron chi connectivity index (χ2n) is 5.42. The molecule has 0 fully saturated rings. The van der Waals surface area contributed by atoms with Crippen LogP contribution in [0.2, 0.25) is 0 Å². The van der Waals surface area contributed by atoms with E-state index in [2.05, 4.69) is 33.4 Å². The third-order valence-corrected chi connectivity index (χ3v) is 4.36. The number of hydrazine groups is 1. The third-order valence-electron chi connectivity index (χ3n) is 3.64. The molecule has 0 unspecified atom stereocenters. The fourth-order valence-corrected chi connectivity index (χ4v) is 2.79. The van der Waals surface area contributed by atoms with Gasteiger partial charge in [0.2, 0.25) is 0 Å². The van der Waals surface area contributed by atoms with E-state index in [0.717, 1.165) is 14.5 Å². The van der Waals surface area contributed by atoms with Gasteiger partial charge in [0, 0.05) is 27.7 Å². The molecule has 2 amide bonds. The van der Waals surface area contributed by atoms with Gasteiger partial charge in [-0.3, -0.25) is 20.4 Å². The van der Waals surface area contributed by atoms with Gasteiger partial charge < -0.3 is 9.30 Å². The van der Waals surface area contributed by atoms with Gasteiger partial charge in [-0.2, -0.15) is 0 Å². The Morgan fingerprint density at radius 3 is 2.56 bits per heavy atom. The Kier molecular flexibility index (Phi) is 5.22. The van der Waals surface area contributed by atoms with Crippen molar-refractivity contribution in [3.05, 3.63) is 63.9 Å². The molecule has 0 spiro atoms. The van der Waals surface area contributed by atoms with Crippen LogP contribution >= 0.6 is 22.6 Å². The summed E-state index contributed by atoms with van der Waals surface area (Å²) in [6, 6.07) is 14.9. The number of nitrogens with one attached hydrogen (secondary N) is 2. The van der Waals surface area contributed by atoms with Crippen molar-refractivity contribution < 1.29 is 14.3 Å². The molecule has 3 aromatic rings. The normalized spacial score (nSPS) is 10.5. The number of aryl methyl sites for hydroxylation is 1. The van der Waals surface area contributed by atoms with Crippen molar-refractivity contribution in [2.45, 2.75) is 0 Å². The summed E-state index contributed by atoms with van der Waals surface area (Å²) in [4.78, 5) is 24.1. The highest BCUT2D eigenvalue weighted by molar-refractivity contribution is 14.1. The summed E-state index contributed by atoms with van der Waals surface area (Å²) >= 11 is 2.19. The summed E-state index contributed by atoms with van der Waals surface area (Å²) in [5, 5.41) is 0.826. The maximum Gasteiger partial charge on any atom is 0.276 e. The molecule has 1 heterocycles. The van der Waals surface area contributed by atoms with Crippen LogP contribution in [0.15, 0.2) is 54.7 Å². The van der Waals surface area contributed by atoms with Crippen molar-refractivity contribution in [3.63, 3.8) is 0 Å². The predicted molar refractivity (Wildman–Crippen MR) is 103 cm³/mol. The first-order chi connectivity index (χ1) is 12.0. The van der Waals surface area contributed by atoms with Crippen molar-refractivity contribution in [3.8, 4) is 5.75 Å². The van der Waals surface area contributed by atoms with E-state index in [-0.39, 0.29) is 12.5 Å². The quantitative estimate of drug-likeness (QED) is 0.475. The maximum atomic E-state index is 12.3. The number of amides is 2. The Morgan fingerprint density at radius 1 is 1.08 bits per heavy atom. The van der Waals surface area contributed by atoms with Gasteiger partial charge in [0.05, 0.1) is 5.56 Å². The van der Waals surface area contributed by atoms with Gasteiger partial charge in [-0.15, -0.1) is 0 Å². The average Bonchev–Trinajstić information content (AvgIpc) is 2.96. The maximum absolute atomic E-state index is 12.3. The van der Waals surface area contributed by atoms with E-state index in [9.17, 15) is 9.59 Å². The van der Waals surface area contributed by atoms with E-state index < -0.39 is 5.91 Å². The first-order valence-electron chi connectivity index (χ1n) is 7.56. The number of benzene rings is 2. The molecule has 0 aliphatic carbocycles. The number of halogens is 1. The first-order valence-corrected chi connectivity index (χ1v) is 8.64. The fourth-order valence-electron chi connectivity index (χ4n) is 2.43. The van der Waals surface area contributed by atoms with Crippen molar-refractivity contribution in [1.29, 1.82) is 0 Å². The van der Waals surface area contributed by atoms with Crippen LogP contribution < -0.4 is 15.6 Å². The number of nitrogens with zero attached hydrogens (tertiary/aromatic N) is 1. The molecular weight excluding hydrogens is 433 g/mol. The van der Waals surface area contributed by atoms with Crippen LogP contribution in [0.1, 0.15) is 10.4 Å². The molecule has 1 aromatic heterocycles. The highest BCUT2D eigenvalue weighted by atomic mass is 127. The number of carbonyl (C=O) groups excluding carboxylic acids is 2. The fraction of sp³-hybridized carbons (Fsp3) is 0.111. The SMILES string of the molecule is Cn1cc(C(=O)NNC(=O)COc2ccc(I)cc2)c2ccccc21. The molecule has 2 aromatic carbocycles. The molecule has 128 valence electrons. The van der Waals surface area contributed by atoms with E-state index in [1.54, 1.807) is 18.3 Å². The van der Waals surface area contributed by atoms with Crippen LogP contribution in [-0.2, 0) is 11.8 Å². The highest BCUT2D eigenvalue weighted by Gasteiger charge is 2.14. The zero-order valence-corrected chi connectivity index (χ0v) is 15.6. The molecule has 0 aliphatic heterocycles. The number of aromatic nitrogens is 1. The predicted octanol–water partition coefficient (Wildman–Crippen LogP) is 2.62. The number of para-hydroxylation sites is 1. The number of hydrogen-bond donors (Lipinski definition) is 2. The number of carbonyl (C=O) groups is 2. The third kappa shape index (κ3) is 4.11. The van der Waals surface area contributed by atoms with E-state index in [1.165, 1.54) is 0 Å². The molecule has 0 saturated carbocycles. The Balaban J connectivity index is 1.56. The van der Waals surface area contributed by atoms with Crippen LogP contribution in [0, 0.1) is 3.57 Å². The number of hydrogen-bond acceptors (Lipinski definition) is 3. The van der Waals surface area contributed by atoms with Crippen molar-refractivity contribution in [2.24, 2.45) is 7.05 Å². The molecule has 0 radical (unpaired) electrons. The van der Waals surface area contributed by atoms with Gasteiger partial charge in [0.25, 0.3) is 11.8 Å². The van der Waals surface area contributed by atoms with Crippen LogP contribution in [0.25, 0.3) is 10.9 Å². The molecule has 0 atom stereocenters. The largest absolute Gasteiger partial charge is 0.484 e. The zero-order chi connectivity index (χ0) is 17.8. The first kappa shape index (κ1) is 17.3. The molecule has 0 aliphatic rings. The molecule has 0 saturated heterocycles. The summed E-state index contributed by atoms with van der Waals surface area (Å²) in [6.45, 7) is -0.184. The van der Waals surface area contributed by atoms with Gasteiger partial charge in [0.15, 0.2) is 6.61 Å². The zero-order valence-electron chi connectivity index (χ0n) is 13.5. The van der Waals surface area contributed by atoms with Crippen molar-refractivity contribution in [1.82, 2.24) is 15.4 Å². The van der Waals surface area contributed by atoms with Crippen LogP contribution in [0.5, 0.6) is 5.75 Å². The Morgan fingerprint density at radius 2 is 1.80 bits per heavy atom. The molecule has 6 nitrogen and oxygen atoms in total. The van der Waals surface area contributed by atoms with E-state index in [4.69, 9.17) is 4.74 Å². The van der Waals surface area contributed by atoms with Crippen LogP contribution in [0.3, 0.4) is 0 Å². The molecule has 3 rings (SSSR count). The number of fused-ring (bicyclic) bond motifs is 1. The summed E-state index contributed by atoms with van der Waals surface area (Å²) in [6.07, 6.45) is 1.73. The summed E-state index contributed by atoms with van der Waals surface area (Å²) < 4.78 is 8.31. The lowest BCUT2D eigenvalue weighted by Gasteiger charge is -2.08. The van der Waals surface area contributed by atoms with Gasteiger partial charge >= 0.3 is 0 Å². The minimum atomic E-state index is -0.438. The summed E-state index contributed by atoms with van der Waals surface area (Å²) in [5.41, 5.74) is 6.22. The standard InChI is InChI=1S/C18H16IN3O3/c1-22-10-15(14-4-2-3-5-16(14)22)18(24)21-20-17(23)11-25-13-8-6-12(19)7-9-13/h2-10H,11H2,1H3,(H,20,23)(H,21,24). The lowest BCUT2D eigenvalue weighted by Crippen LogP contribution is -2.43. The highest BCUT2D eigenvalue weighted by Crippen LogP contribution is 2.19. The van der Waals surface area contributed by atoms with Crippen molar-refractivity contribution in [2.75, 3.05) is 6.61 Å². The van der Waals surface area contributed by atoms with Gasteiger partial charge in [-0.1, -0.05) is 18.2 Å². The molecule has 7 heteroatoms. The van der Waals surface area contributed by atoms with E-state index in [1.807, 2.05) is 48.0 Å². The Bertz CT molecular complexity index is 919. The van der Waals surface area contributed by atoms with E-state index in [0.29, 0.717) is 11.3 Å². The van der Waals surface area contributed by atoms with E-state index >= 15 is 0 Å². The lowest BCUT2D eigenvalue weighted by atomic mass is 10.2. The topological polar surface area (TPSA) is 72.4 Å². The molecule has 2 N–H and O–H groups in total. The molecule has 0 bridgehead atoms. The second kappa shape index (κ2) is 7.56. The summed E-state index contributed by atoms with van der Waals surface area (Å²) in [5.74, 6) is -0.220. The van der Waals surface area contributed by atoms with Gasteiger partial charge in [-0.05, 0) is 52.9 Å². The monoisotopic (exact) mass is 449 g/mol. The Labute approximate surface area is 158 Å². The van der Waals surface area contributed by atoms with Gasteiger partial charge in [-0.25, -0.2) is 0 Å². The van der Waals surface area contributed by atoms with Gasteiger partial charge in [0.1, 0.15) is 5.75 Å².